The van der Waals surface area contributed by atoms with Gasteiger partial charge in [-0.15, -0.1) is 0 Å². The van der Waals surface area contributed by atoms with Gasteiger partial charge in [0.1, 0.15) is 0 Å². The molecule has 94 valence electrons. The van der Waals surface area contributed by atoms with Crippen LogP contribution in [0.2, 0.25) is 5.23 Å². The van der Waals surface area contributed by atoms with Crippen LogP contribution in [0.4, 0.5) is 0 Å². The first-order chi connectivity index (χ1) is 7.81. The Bertz CT molecular complexity index is 162. The van der Waals surface area contributed by atoms with E-state index in [0.29, 0.717) is 0 Å². The van der Waals surface area contributed by atoms with Crippen molar-refractivity contribution in [1.29, 1.82) is 0 Å². The van der Waals surface area contributed by atoms with Gasteiger partial charge in [0.25, 0.3) is 0 Å². The Labute approximate surface area is 110 Å². The van der Waals surface area contributed by atoms with Crippen molar-refractivity contribution in [2.45, 2.75) is 76.4 Å². The number of hydrogen-bond donors (Lipinski definition) is 1. The Morgan fingerprint density at radius 3 is 1.94 bits per heavy atom. The van der Waals surface area contributed by atoms with E-state index in [1.54, 1.807) is 0 Å². The first kappa shape index (κ1) is 16.2. The van der Waals surface area contributed by atoms with E-state index in [0.717, 1.165) is 12.8 Å². The Morgan fingerprint density at radius 2 is 1.44 bits per heavy atom. The van der Waals surface area contributed by atoms with Gasteiger partial charge in [0.2, 0.25) is 0 Å². The Morgan fingerprint density at radius 1 is 0.938 bits per heavy atom. The normalized spacial score (nSPS) is 10.1. The minimum atomic E-state index is -0.184. The third-order valence-corrected chi connectivity index (χ3v) is 3.60. The third-order valence-electron chi connectivity index (χ3n) is 2.77. The summed E-state index contributed by atoms with van der Waals surface area (Å²) in [6.07, 6.45) is 12.6. The number of carbonyl (C=O) groups is 1. The van der Waals surface area contributed by atoms with Crippen molar-refractivity contribution < 1.29 is 24.2 Å². The molecule has 2 nitrogen and oxygen atoms in total. The molecule has 0 unspecified atom stereocenters. The quantitative estimate of drug-likeness (QED) is 0.441. The first-order valence-corrected chi connectivity index (χ1v) is 9.11. The van der Waals surface area contributed by atoms with Crippen LogP contribution in [-0.2, 0) is 24.2 Å². The SMILES string of the molecule is CCCCCCCCCCCC(=O)[NH][Ti][CH3]. The van der Waals surface area contributed by atoms with Gasteiger partial charge in [-0.2, -0.15) is 0 Å². The zero-order valence-electron chi connectivity index (χ0n) is 11.0. The maximum atomic E-state index is 11.2. The Hall–Kier alpha value is 0.184. The van der Waals surface area contributed by atoms with Gasteiger partial charge in [-0.25, -0.2) is 0 Å². The molecule has 1 amide bonds. The van der Waals surface area contributed by atoms with Crippen LogP contribution in [0.3, 0.4) is 0 Å². The van der Waals surface area contributed by atoms with Crippen LogP contribution in [0, 0.1) is 0 Å². The van der Waals surface area contributed by atoms with Crippen molar-refractivity contribution in [3.63, 3.8) is 0 Å². The Balaban J connectivity index is 3.01. The second-order valence-electron chi connectivity index (χ2n) is 4.38. The minimum absolute atomic E-state index is 0.184. The van der Waals surface area contributed by atoms with E-state index in [1.807, 2.05) is 0 Å². The second kappa shape index (κ2) is 13.3. The molecule has 1 N–H and O–H groups in total. The summed E-state index contributed by atoms with van der Waals surface area (Å²) in [5.74, 6) is 0.269. The van der Waals surface area contributed by atoms with Crippen molar-refractivity contribution >= 4 is 5.91 Å². The summed E-state index contributed by atoms with van der Waals surface area (Å²) in [6.45, 7) is 2.25. The molecule has 0 saturated carbocycles. The summed E-state index contributed by atoms with van der Waals surface area (Å²) >= 11 is -0.184. The van der Waals surface area contributed by atoms with Gasteiger partial charge in [-0.1, -0.05) is 6.92 Å². The maximum absolute atomic E-state index is 11.2. The van der Waals surface area contributed by atoms with Gasteiger partial charge in [0, 0.05) is 0 Å². The summed E-state index contributed by atoms with van der Waals surface area (Å²) < 4.78 is 2.96. The van der Waals surface area contributed by atoms with Gasteiger partial charge in [0.05, 0.1) is 0 Å². The molecule has 0 aromatic carbocycles. The van der Waals surface area contributed by atoms with Gasteiger partial charge >= 0.3 is 103 Å². The van der Waals surface area contributed by atoms with Crippen LogP contribution < -0.4 is 3.80 Å². The fraction of sp³-hybridized carbons (Fsp3) is 0.923. The summed E-state index contributed by atoms with van der Waals surface area (Å²) in [5, 5.41) is 2.09. The predicted molar refractivity (Wildman–Crippen MR) is 65.9 cm³/mol. The first-order valence-electron chi connectivity index (χ1n) is 6.76. The summed E-state index contributed by atoms with van der Waals surface area (Å²) in [6, 6.07) is 0. The summed E-state index contributed by atoms with van der Waals surface area (Å²) in [5.41, 5.74) is 0. The molecule has 0 atom stereocenters. The molecule has 16 heavy (non-hydrogen) atoms. The average molecular weight is 261 g/mol. The fourth-order valence-corrected chi connectivity index (χ4v) is 2.43. The van der Waals surface area contributed by atoms with E-state index in [4.69, 9.17) is 0 Å². The molecule has 0 bridgehead atoms. The molecule has 0 saturated heterocycles. The van der Waals surface area contributed by atoms with Crippen LogP contribution in [0.25, 0.3) is 0 Å². The molecule has 0 aromatic rings. The molecule has 0 rings (SSSR count). The molecule has 0 spiro atoms. The molecular weight excluding hydrogens is 234 g/mol. The fourth-order valence-electron chi connectivity index (χ4n) is 1.80. The standard InChI is InChI=1S/C12H25NO.CH3.Ti/c1-2-3-4-5-6-7-8-9-10-11-12(13)14;;/h2-11H2,1H3,(H2,13,14);1H3;/q;;+1/p-1. The van der Waals surface area contributed by atoms with E-state index in [2.05, 4.69) is 16.0 Å². The third kappa shape index (κ3) is 12.3. The molecule has 0 aliphatic heterocycles. The summed E-state index contributed by atoms with van der Waals surface area (Å²) in [4.78, 5) is 11.2. The van der Waals surface area contributed by atoms with Crippen LogP contribution in [0.5, 0.6) is 0 Å². The number of carbonyl (C=O) groups excluding carboxylic acids is 1. The van der Waals surface area contributed by atoms with Gasteiger partial charge in [-0.05, 0) is 0 Å². The Kier molecular flexibility index (Phi) is 13.4. The average Bonchev–Trinajstić information content (AvgIpc) is 2.27. The molecule has 0 aromatic heterocycles. The number of unbranched alkanes of at least 4 members (excludes halogenated alkanes) is 8. The predicted octanol–water partition coefficient (Wildman–Crippen LogP) is 4.07. The molecule has 0 aliphatic carbocycles. The van der Waals surface area contributed by atoms with Crippen molar-refractivity contribution in [1.82, 2.24) is 3.80 Å². The van der Waals surface area contributed by atoms with Crippen molar-refractivity contribution in [2.75, 3.05) is 0 Å². The number of amides is 1. The van der Waals surface area contributed by atoms with Gasteiger partial charge in [-0.3, -0.25) is 0 Å². The zero-order chi connectivity index (χ0) is 12.1. The van der Waals surface area contributed by atoms with Crippen LogP contribution in [0.15, 0.2) is 0 Å². The van der Waals surface area contributed by atoms with E-state index in [-0.39, 0.29) is 25.3 Å². The monoisotopic (exact) mass is 261 g/mol. The van der Waals surface area contributed by atoms with E-state index >= 15 is 0 Å². The zero-order valence-corrected chi connectivity index (χ0v) is 12.5. The van der Waals surface area contributed by atoms with Crippen molar-refractivity contribution in [3.05, 3.63) is 0 Å². The number of rotatable bonds is 11. The molecular formula is C13H27NOTi. The van der Waals surface area contributed by atoms with Gasteiger partial charge < -0.3 is 0 Å². The van der Waals surface area contributed by atoms with E-state index < -0.39 is 0 Å². The van der Waals surface area contributed by atoms with Crippen LogP contribution >= 0.6 is 0 Å². The second-order valence-corrected chi connectivity index (χ2v) is 5.55. The number of hydrogen-bond acceptors (Lipinski definition) is 1. The van der Waals surface area contributed by atoms with Gasteiger partial charge in [0.15, 0.2) is 0 Å². The topological polar surface area (TPSA) is 29.1 Å². The number of nitrogens with one attached hydrogen (secondary N) is 1. The molecule has 0 heterocycles. The molecule has 0 aliphatic rings. The van der Waals surface area contributed by atoms with Crippen molar-refractivity contribution in [3.8, 4) is 0 Å². The molecule has 0 fully saturated rings. The summed E-state index contributed by atoms with van der Waals surface area (Å²) in [7, 11) is 0. The molecule has 0 radical (unpaired) electrons. The van der Waals surface area contributed by atoms with E-state index in [9.17, 15) is 4.79 Å². The van der Waals surface area contributed by atoms with E-state index in [1.165, 1.54) is 51.4 Å². The van der Waals surface area contributed by atoms with Crippen LogP contribution in [-0.4, -0.2) is 5.91 Å². The molecule has 3 heteroatoms. The van der Waals surface area contributed by atoms with Crippen molar-refractivity contribution in [2.24, 2.45) is 0 Å². The van der Waals surface area contributed by atoms with Crippen LogP contribution in [0.1, 0.15) is 71.1 Å².